The van der Waals surface area contributed by atoms with E-state index in [4.69, 9.17) is 28.4 Å². The second-order valence-electron chi connectivity index (χ2n) is 15.5. The molecule has 0 aliphatic carbocycles. The Labute approximate surface area is 316 Å². The molecule has 0 aliphatic rings. The zero-order valence-electron chi connectivity index (χ0n) is 32.5. The van der Waals surface area contributed by atoms with Gasteiger partial charge >= 0.3 is 35.9 Å². The first-order valence-corrected chi connectivity index (χ1v) is 17.3. The Morgan fingerprint density at radius 3 is 0.833 bits per heavy atom. The highest BCUT2D eigenvalue weighted by atomic mass is 16.5. The van der Waals surface area contributed by atoms with Crippen molar-refractivity contribution in [2.75, 3.05) is 103 Å². The number of hydrogen-bond acceptors (Lipinski definition) is 12. The highest BCUT2D eigenvalue weighted by Crippen LogP contribution is 2.28. The summed E-state index contributed by atoms with van der Waals surface area (Å²) in [6.45, 7) is 2.85. The lowest BCUT2D eigenvalue weighted by Gasteiger charge is -2.23. The second-order valence-corrected chi connectivity index (χ2v) is 15.5. The zero-order valence-corrected chi connectivity index (χ0v) is 32.5. The number of ether oxygens (including phenoxy) is 6. The molecule has 1 heterocycles. The third-order valence-corrected chi connectivity index (χ3v) is 7.46. The van der Waals surface area contributed by atoms with E-state index in [1.165, 1.54) is 0 Å². The van der Waals surface area contributed by atoms with Gasteiger partial charge in [-0.3, -0.25) is 0 Å². The Hall–Kier alpha value is -5.64. The van der Waals surface area contributed by atoms with Crippen molar-refractivity contribution in [1.29, 1.82) is 0 Å². The normalized spacial score (nSPS) is 11.7. The van der Waals surface area contributed by atoms with Crippen molar-refractivity contribution < 1.29 is 56.3 Å². The number of esters is 3. The van der Waals surface area contributed by atoms with Crippen LogP contribution in [0.25, 0.3) is 0 Å². The van der Waals surface area contributed by atoms with Gasteiger partial charge in [0.05, 0.1) is 80.1 Å². The van der Waals surface area contributed by atoms with Crippen LogP contribution in [0.3, 0.4) is 0 Å². The van der Waals surface area contributed by atoms with Crippen LogP contribution in [0.1, 0.15) is 31.1 Å². The maximum Gasteiger partial charge on any atom is 0.338 e. The molecule has 0 N–H and O–H groups in total. The van der Waals surface area contributed by atoms with Gasteiger partial charge in [-0.15, -0.1) is 15.0 Å². The van der Waals surface area contributed by atoms with Crippen molar-refractivity contribution in [3.63, 3.8) is 0 Å². The molecule has 0 amide bonds. The van der Waals surface area contributed by atoms with E-state index in [1.807, 2.05) is 63.4 Å². The number of nitrogens with zero attached hydrogens (tertiary/aromatic N) is 6. The molecular weight excluding hydrogens is 696 g/mol. The molecular formula is C39H51N6O9+3. The highest BCUT2D eigenvalue weighted by molar-refractivity contribution is 5.90. The first-order chi connectivity index (χ1) is 25.3. The molecule has 4 aromatic rings. The van der Waals surface area contributed by atoms with Crippen molar-refractivity contribution >= 4 is 17.9 Å². The van der Waals surface area contributed by atoms with Crippen LogP contribution in [0, 0.1) is 0 Å². The molecule has 0 spiro atoms. The number of carbonyl (C=O) groups is 3. The molecule has 0 radical (unpaired) electrons. The monoisotopic (exact) mass is 747 g/mol. The van der Waals surface area contributed by atoms with Crippen LogP contribution in [0.5, 0.6) is 35.3 Å². The molecule has 0 atom stereocenters. The van der Waals surface area contributed by atoms with E-state index < -0.39 is 17.9 Å². The third-order valence-electron chi connectivity index (χ3n) is 7.46. The van der Waals surface area contributed by atoms with Crippen LogP contribution < -0.4 is 14.2 Å². The van der Waals surface area contributed by atoms with Crippen LogP contribution in [-0.2, 0) is 14.2 Å². The molecule has 0 aliphatic heterocycles. The lowest BCUT2D eigenvalue weighted by molar-refractivity contribution is -0.870. The number of likely N-dealkylation sites (N-methyl/N-ethyl adjacent to an activating group) is 3. The quantitative estimate of drug-likeness (QED) is 0.0781. The topological polar surface area (TPSA) is 145 Å². The summed E-state index contributed by atoms with van der Waals surface area (Å²) in [5.41, 5.74) is 1.07. The van der Waals surface area contributed by atoms with Gasteiger partial charge in [0.15, 0.2) is 0 Å². The van der Waals surface area contributed by atoms with Crippen LogP contribution in [0.15, 0.2) is 72.8 Å². The minimum absolute atomic E-state index is 0.164. The SMILES string of the molecule is C[N+](C)(C)CCOC(=O)c1ccc(Oc2nc(Oc3ccc(C(=O)OCC[N+](C)(C)C)cc3)nc(Oc3ccc(C(=O)OCC[N+](C)(C)C)cc3)n2)cc1. The Morgan fingerprint density at radius 1 is 0.407 bits per heavy atom. The molecule has 0 saturated carbocycles. The summed E-state index contributed by atoms with van der Waals surface area (Å²) < 4.78 is 35.9. The lowest BCUT2D eigenvalue weighted by atomic mass is 10.2. The van der Waals surface area contributed by atoms with Crippen LogP contribution >= 0.6 is 0 Å². The number of benzene rings is 3. The molecule has 0 bridgehead atoms. The van der Waals surface area contributed by atoms with Gasteiger partial charge in [0.25, 0.3) is 0 Å². The molecule has 15 nitrogen and oxygen atoms in total. The fourth-order valence-corrected chi connectivity index (χ4v) is 4.24. The van der Waals surface area contributed by atoms with Gasteiger partial charge in [0, 0.05) is 0 Å². The van der Waals surface area contributed by atoms with Gasteiger partial charge in [-0.2, -0.15) is 0 Å². The number of hydrogen-bond donors (Lipinski definition) is 0. The Bertz CT molecular complexity index is 1630. The predicted molar refractivity (Wildman–Crippen MR) is 199 cm³/mol. The zero-order chi connectivity index (χ0) is 39.5. The van der Waals surface area contributed by atoms with Crippen molar-refractivity contribution in [1.82, 2.24) is 15.0 Å². The van der Waals surface area contributed by atoms with Crippen molar-refractivity contribution in [3.8, 4) is 35.3 Å². The summed E-state index contributed by atoms with van der Waals surface area (Å²) in [7, 11) is 18.1. The molecule has 0 unspecified atom stereocenters. The summed E-state index contributed by atoms with van der Waals surface area (Å²) in [6, 6.07) is 18.4. The van der Waals surface area contributed by atoms with Gasteiger partial charge in [0.2, 0.25) is 0 Å². The smallest absolute Gasteiger partial charge is 0.338 e. The standard InChI is InChI=1S/C39H51N6O9/c1-43(2,3)22-25-49-34(46)28-10-16-31(17-11-28)52-37-40-38(53-32-18-12-29(13-19-32)35(47)50-26-23-44(4,5)6)42-39(41-37)54-33-20-14-30(15-21-33)36(48)51-27-24-45(7,8)9/h10-21H,22-27H2,1-9H3/q+3. The first-order valence-electron chi connectivity index (χ1n) is 17.3. The van der Waals surface area contributed by atoms with Gasteiger partial charge in [-0.05, 0) is 72.8 Å². The van der Waals surface area contributed by atoms with E-state index in [-0.39, 0.29) is 37.9 Å². The Kier molecular flexibility index (Phi) is 13.6. The lowest BCUT2D eigenvalue weighted by Crippen LogP contribution is -2.38. The van der Waals surface area contributed by atoms with Crippen LogP contribution in [0.4, 0.5) is 0 Å². The van der Waals surface area contributed by atoms with Gasteiger partial charge in [-0.25, -0.2) is 14.4 Å². The van der Waals surface area contributed by atoms with E-state index in [0.717, 1.165) is 0 Å². The van der Waals surface area contributed by atoms with E-state index >= 15 is 0 Å². The summed E-state index contributed by atoms with van der Waals surface area (Å²) in [5.74, 6) is -0.387. The maximum absolute atomic E-state index is 12.5. The van der Waals surface area contributed by atoms with E-state index in [0.29, 0.717) is 67.0 Å². The fraction of sp³-hybridized carbons (Fsp3) is 0.385. The molecule has 54 heavy (non-hydrogen) atoms. The molecule has 3 aromatic carbocycles. The second kappa shape index (κ2) is 17.9. The summed E-state index contributed by atoms with van der Waals surface area (Å²) in [6.07, 6.45) is 0. The molecule has 0 fully saturated rings. The summed E-state index contributed by atoms with van der Waals surface area (Å²) >= 11 is 0. The van der Waals surface area contributed by atoms with Crippen molar-refractivity contribution in [3.05, 3.63) is 89.5 Å². The summed E-state index contributed by atoms with van der Waals surface area (Å²) in [4.78, 5) is 50.5. The van der Waals surface area contributed by atoms with Crippen molar-refractivity contribution in [2.24, 2.45) is 0 Å². The maximum atomic E-state index is 12.5. The van der Waals surface area contributed by atoms with E-state index in [1.54, 1.807) is 72.8 Å². The fourth-order valence-electron chi connectivity index (χ4n) is 4.24. The first kappa shape index (κ1) is 41.1. The van der Waals surface area contributed by atoms with Crippen LogP contribution in [0.2, 0.25) is 0 Å². The van der Waals surface area contributed by atoms with E-state index in [9.17, 15) is 14.4 Å². The van der Waals surface area contributed by atoms with Crippen molar-refractivity contribution in [2.45, 2.75) is 0 Å². The minimum atomic E-state index is -0.451. The number of quaternary nitrogens is 3. The van der Waals surface area contributed by atoms with Gasteiger partial charge in [-0.1, -0.05) is 0 Å². The number of rotatable bonds is 18. The minimum Gasteiger partial charge on any atom is -0.456 e. The Morgan fingerprint density at radius 2 is 0.630 bits per heavy atom. The average molecular weight is 748 g/mol. The number of carbonyl (C=O) groups excluding carboxylic acids is 3. The molecule has 288 valence electrons. The average Bonchev–Trinajstić information content (AvgIpc) is 3.07. The Balaban J connectivity index is 1.50. The summed E-state index contributed by atoms with van der Waals surface area (Å²) in [5, 5.41) is 0. The molecule has 4 rings (SSSR count). The van der Waals surface area contributed by atoms with Gasteiger partial charge in [0.1, 0.15) is 56.7 Å². The largest absolute Gasteiger partial charge is 0.456 e. The molecule has 0 saturated heterocycles. The third kappa shape index (κ3) is 14.4. The van der Waals surface area contributed by atoms with E-state index in [2.05, 4.69) is 15.0 Å². The predicted octanol–water partition coefficient (Wildman–Crippen LogP) is 4.84. The van der Waals surface area contributed by atoms with Crippen LogP contribution in [-0.4, -0.2) is 149 Å². The highest BCUT2D eigenvalue weighted by Gasteiger charge is 2.17. The van der Waals surface area contributed by atoms with Gasteiger partial charge < -0.3 is 41.9 Å². The molecule has 15 heteroatoms. The molecule has 1 aromatic heterocycles. The number of aromatic nitrogens is 3.